The molecule has 0 heterocycles. The molecule has 0 bridgehead atoms. The van der Waals surface area contributed by atoms with Gasteiger partial charge in [0.1, 0.15) is 0 Å². The standard InChI is InChI=1S/C15H19NO5/c1-15(14(19)20)8-4-7-12(15)16-13(18)9-21-11-6-3-2-5-10(11)17/h2-3,5-6,12,17H,4,7-9H2,1H3,(H,16,18)(H,19,20). The minimum absolute atomic E-state index is 0.0402. The fourth-order valence-corrected chi connectivity index (χ4v) is 2.61. The molecule has 0 aromatic heterocycles. The third-order valence-corrected chi connectivity index (χ3v) is 4.01. The Hall–Kier alpha value is -2.24. The predicted molar refractivity (Wildman–Crippen MR) is 75.1 cm³/mol. The molecule has 1 amide bonds. The fraction of sp³-hybridized carbons (Fsp3) is 0.467. The molecule has 0 spiro atoms. The van der Waals surface area contributed by atoms with E-state index >= 15 is 0 Å². The van der Waals surface area contributed by atoms with Crippen molar-refractivity contribution in [2.45, 2.75) is 32.2 Å². The highest BCUT2D eigenvalue weighted by atomic mass is 16.5. The maximum absolute atomic E-state index is 11.9. The molecule has 6 nitrogen and oxygen atoms in total. The number of phenolic OH excluding ortho intramolecular Hbond substituents is 1. The van der Waals surface area contributed by atoms with Gasteiger partial charge in [0.25, 0.3) is 5.91 Å². The highest BCUT2D eigenvalue weighted by Gasteiger charge is 2.45. The van der Waals surface area contributed by atoms with Gasteiger partial charge in [-0.2, -0.15) is 0 Å². The van der Waals surface area contributed by atoms with Crippen LogP contribution in [-0.4, -0.2) is 34.7 Å². The van der Waals surface area contributed by atoms with Crippen molar-refractivity contribution >= 4 is 11.9 Å². The van der Waals surface area contributed by atoms with Crippen LogP contribution in [0.25, 0.3) is 0 Å². The molecule has 2 atom stereocenters. The zero-order valence-electron chi connectivity index (χ0n) is 11.8. The van der Waals surface area contributed by atoms with Gasteiger partial charge in [-0.3, -0.25) is 9.59 Å². The number of hydrogen-bond acceptors (Lipinski definition) is 4. The van der Waals surface area contributed by atoms with E-state index in [2.05, 4.69) is 5.32 Å². The fourth-order valence-electron chi connectivity index (χ4n) is 2.61. The van der Waals surface area contributed by atoms with E-state index in [9.17, 15) is 19.8 Å². The van der Waals surface area contributed by atoms with E-state index in [-0.39, 0.29) is 18.1 Å². The van der Waals surface area contributed by atoms with Crippen LogP contribution in [0.1, 0.15) is 26.2 Å². The van der Waals surface area contributed by atoms with Gasteiger partial charge >= 0.3 is 5.97 Å². The van der Waals surface area contributed by atoms with Crippen molar-refractivity contribution in [1.82, 2.24) is 5.32 Å². The summed E-state index contributed by atoms with van der Waals surface area (Å²) in [5, 5.41) is 21.5. The molecule has 1 aliphatic carbocycles. The zero-order valence-corrected chi connectivity index (χ0v) is 11.8. The predicted octanol–water partition coefficient (Wildman–Crippen LogP) is 1.53. The van der Waals surface area contributed by atoms with Gasteiger partial charge in [-0.1, -0.05) is 18.6 Å². The molecular formula is C15H19NO5. The number of carbonyl (C=O) groups excluding carboxylic acids is 1. The number of nitrogens with one attached hydrogen (secondary N) is 1. The Morgan fingerprint density at radius 3 is 2.81 bits per heavy atom. The average molecular weight is 293 g/mol. The second kappa shape index (κ2) is 6.03. The smallest absolute Gasteiger partial charge is 0.311 e. The summed E-state index contributed by atoms with van der Waals surface area (Å²) < 4.78 is 5.23. The van der Waals surface area contributed by atoms with E-state index in [4.69, 9.17) is 4.74 Å². The molecule has 21 heavy (non-hydrogen) atoms. The van der Waals surface area contributed by atoms with E-state index in [1.807, 2.05) is 0 Å². The number of benzene rings is 1. The summed E-state index contributed by atoms with van der Waals surface area (Å²) >= 11 is 0. The maximum Gasteiger partial charge on any atom is 0.311 e. The first-order chi connectivity index (χ1) is 9.93. The van der Waals surface area contributed by atoms with Gasteiger partial charge in [-0.15, -0.1) is 0 Å². The van der Waals surface area contributed by atoms with Crippen LogP contribution in [0, 0.1) is 5.41 Å². The monoisotopic (exact) mass is 293 g/mol. The highest BCUT2D eigenvalue weighted by molar-refractivity contribution is 5.81. The number of carboxylic acid groups (broad SMARTS) is 1. The maximum atomic E-state index is 11.9. The number of aliphatic carboxylic acids is 1. The first-order valence-corrected chi connectivity index (χ1v) is 6.87. The molecule has 114 valence electrons. The summed E-state index contributed by atoms with van der Waals surface area (Å²) in [5.74, 6) is -1.11. The first-order valence-electron chi connectivity index (χ1n) is 6.87. The second-order valence-electron chi connectivity index (χ2n) is 5.49. The Labute approximate surface area is 122 Å². The van der Waals surface area contributed by atoms with Gasteiger partial charge < -0.3 is 20.3 Å². The Bertz CT molecular complexity index is 545. The van der Waals surface area contributed by atoms with E-state index in [0.717, 1.165) is 6.42 Å². The normalized spacial score (nSPS) is 24.5. The van der Waals surface area contributed by atoms with Crippen molar-refractivity contribution in [3.05, 3.63) is 24.3 Å². The Morgan fingerprint density at radius 1 is 1.43 bits per heavy atom. The van der Waals surface area contributed by atoms with Gasteiger partial charge in [0.05, 0.1) is 5.41 Å². The SMILES string of the molecule is CC1(C(=O)O)CCCC1NC(=O)COc1ccccc1O. The quantitative estimate of drug-likeness (QED) is 0.765. The number of rotatable bonds is 5. The van der Waals surface area contributed by atoms with Crippen molar-refractivity contribution < 1.29 is 24.5 Å². The number of carboxylic acids is 1. The van der Waals surface area contributed by atoms with Crippen molar-refractivity contribution in [1.29, 1.82) is 0 Å². The molecule has 0 aliphatic heterocycles. The van der Waals surface area contributed by atoms with Crippen LogP contribution in [0.4, 0.5) is 0 Å². The Morgan fingerprint density at radius 2 is 2.14 bits per heavy atom. The second-order valence-corrected chi connectivity index (χ2v) is 5.49. The number of aromatic hydroxyl groups is 1. The number of carbonyl (C=O) groups is 2. The van der Waals surface area contributed by atoms with Gasteiger partial charge in [-0.25, -0.2) is 0 Å². The van der Waals surface area contributed by atoms with Gasteiger partial charge in [-0.05, 0) is 31.9 Å². The number of amides is 1. The van der Waals surface area contributed by atoms with Gasteiger partial charge in [0.15, 0.2) is 18.1 Å². The van der Waals surface area contributed by atoms with E-state index < -0.39 is 23.3 Å². The van der Waals surface area contributed by atoms with E-state index in [0.29, 0.717) is 12.8 Å². The largest absolute Gasteiger partial charge is 0.504 e. The number of hydrogen-bond donors (Lipinski definition) is 3. The summed E-state index contributed by atoms with van der Waals surface area (Å²) in [4.78, 5) is 23.2. The molecular weight excluding hydrogens is 274 g/mol. The van der Waals surface area contributed by atoms with Gasteiger partial charge in [0.2, 0.25) is 0 Å². The van der Waals surface area contributed by atoms with Crippen LogP contribution in [0.5, 0.6) is 11.5 Å². The molecule has 1 aromatic rings. The minimum Gasteiger partial charge on any atom is -0.504 e. The average Bonchev–Trinajstić information content (AvgIpc) is 2.81. The lowest BCUT2D eigenvalue weighted by Crippen LogP contribution is -2.48. The Balaban J connectivity index is 1.90. The van der Waals surface area contributed by atoms with Crippen LogP contribution in [0.15, 0.2) is 24.3 Å². The highest BCUT2D eigenvalue weighted by Crippen LogP contribution is 2.38. The summed E-state index contributed by atoms with van der Waals surface area (Å²) in [6, 6.07) is 5.96. The number of para-hydroxylation sites is 2. The van der Waals surface area contributed by atoms with Crippen LogP contribution in [0.2, 0.25) is 0 Å². The molecule has 1 aromatic carbocycles. The van der Waals surface area contributed by atoms with Crippen molar-refractivity contribution in [3.8, 4) is 11.5 Å². The van der Waals surface area contributed by atoms with E-state index in [1.165, 1.54) is 6.07 Å². The molecule has 1 saturated carbocycles. The Kier molecular flexibility index (Phi) is 4.35. The molecule has 0 radical (unpaired) electrons. The minimum atomic E-state index is -0.926. The summed E-state index contributed by atoms with van der Waals surface area (Å²) in [6.45, 7) is 1.39. The lowest BCUT2D eigenvalue weighted by Gasteiger charge is -2.27. The van der Waals surface area contributed by atoms with Crippen LogP contribution < -0.4 is 10.1 Å². The molecule has 1 fully saturated rings. The summed E-state index contributed by atoms with van der Waals surface area (Å²) in [7, 11) is 0. The third kappa shape index (κ3) is 3.26. The number of phenols is 1. The molecule has 2 unspecified atom stereocenters. The zero-order chi connectivity index (χ0) is 15.5. The van der Waals surface area contributed by atoms with Crippen molar-refractivity contribution in [2.24, 2.45) is 5.41 Å². The molecule has 2 rings (SSSR count). The molecule has 0 saturated heterocycles. The summed E-state index contributed by atoms with van der Waals surface area (Å²) in [5.41, 5.74) is -0.926. The third-order valence-electron chi connectivity index (χ3n) is 4.01. The van der Waals surface area contributed by atoms with Crippen molar-refractivity contribution in [2.75, 3.05) is 6.61 Å². The summed E-state index contributed by atoms with van der Waals surface area (Å²) in [6.07, 6.45) is 1.97. The molecule has 3 N–H and O–H groups in total. The lowest BCUT2D eigenvalue weighted by atomic mass is 9.85. The lowest BCUT2D eigenvalue weighted by molar-refractivity contribution is -0.149. The topological polar surface area (TPSA) is 95.9 Å². The molecule has 6 heteroatoms. The van der Waals surface area contributed by atoms with Crippen LogP contribution >= 0.6 is 0 Å². The van der Waals surface area contributed by atoms with Crippen LogP contribution in [-0.2, 0) is 9.59 Å². The number of ether oxygens (including phenoxy) is 1. The first kappa shape index (κ1) is 15.2. The van der Waals surface area contributed by atoms with Gasteiger partial charge in [0, 0.05) is 6.04 Å². The van der Waals surface area contributed by atoms with E-state index in [1.54, 1.807) is 25.1 Å². The van der Waals surface area contributed by atoms with Crippen LogP contribution in [0.3, 0.4) is 0 Å². The molecule has 1 aliphatic rings. The van der Waals surface area contributed by atoms with Crippen molar-refractivity contribution in [3.63, 3.8) is 0 Å².